The molecule has 2 rings (SSSR count). The molecule has 4 heteroatoms. The van der Waals surface area contributed by atoms with Crippen LogP contribution in [0, 0.1) is 5.92 Å². The minimum atomic E-state index is -0.636. The first kappa shape index (κ1) is 8.97. The molecule has 2 aliphatic rings. The van der Waals surface area contributed by atoms with Crippen molar-refractivity contribution in [3.8, 4) is 0 Å². The first-order valence-corrected chi connectivity index (χ1v) is 4.83. The van der Waals surface area contributed by atoms with Crippen LogP contribution < -0.4 is 0 Å². The Morgan fingerprint density at radius 3 is 2.46 bits per heavy atom. The third-order valence-electron chi connectivity index (χ3n) is 3.07. The molecule has 0 bridgehead atoms. The Hall–Kier alpha value is -0.610. The molecule has 2 atom stereocenters. The van der Waals surface area contributed by atoms with Crippen molar-refractivity contribution in [1.29, 1.82) is 0 Å². The van der Waals surface area contributed by atoms with Gasteiger partial charge < -0.3 is 9.84 Å². The van der Waals surface area contributed by atoms with Crippen molar-refractivity contribution in [1.82, 2.24) is 4.90 Å². The average Bonchev–Trinajstić information content (AvgIpc) is 2.02. The van der Waals surface area contributed by atoms with Gasteiger partial charge in [0.1, 0.15) is 0 Å². The molecule has 0 spiro atoms. The first-order valence-electron chi connectivity index (χ1n) is 4.83. The standard InChI is InChI=1S/C9H15NO3/c11-9(12)7-1-2-8(7)10-3-5-13-6-4-10/h7-8H,1-6H2,(H,11,12). The summed E-state index contributed by atoms with van der Waals surface area (Å²) < 4.78 is 5.23. The summed E-state index contributed by atoms with van der Waals surface area (Å²) in [7, 11) is 0. The molecular weight excluding hydrogens is 170 g/mol. The second kappa shape index (κ2) is 3.64. The van der Waals surface area contributed by atoms with E-state index in [0.717, 1.165) is 39.1 Å². The van der Waals surface area contributed by atoms with Crippen LogP contribution in [0.4, 0.5) is 0 Å². The summed E-state index contributed by atoms with van der Waals surface area (Å²) >= 11 is 0. The van der Waals surface area contributed by atoms with E-state index in [4.69, 9.17) is 9.84 Å². The summed E-state index contributed by atoms with van der Waals surface area (Å²) in [4.78, 5) is 13.0. The maximum atomic E-state index is 10.8. The molecule has 13 heavy (non-hydrogen) atoms. The Balaban J connectivity index is 1.89. The van der Waals surface area contributed by atoms with Gasteiger partial charge in [-0.1, -0.05) is 0 Å². The van der Waals surface area contributed by atoms with Gasteiger partial charge in [0.25, 0.3) is 0 Å². The Morgan fingerprint density at radius 2 is 2.00 bits per heavy atom. The highest BCUT2D eigenvalue weighted by molar-refractivity contribution is 5.72. The van der Waals surface area contributed by atoms with Crippen LogP contribution >= 0.6 is 0 Å². The molecule has 1 N–H and O–H groups in total. The van der Waals surface area contributed by atoms with Gasteiger partial charge in [0.15, 0.2) is 0 Å². The summed E-state index contributed by atoms with van der Waals surface area (Å²) in [6.45, 7) is 3.30. The quantitative estimate of drug-likeness (QED) is 0.667. The van der Waals surface area contributed by atoms with Crippen LogP contribution in [0.1, 0.15) is 12.8 Å². The lowest BCUT2D eigenvalue weighted by atomic mass is 9.78. The number of nitrogens with zero attached hydrogens (tertiary/aromatic N) is 1. The van der Waals surface area contributed by atoms with Gasteiger partial charge in [0, 0.05) is 19.1 Å². The Morgan fingerprint density at radius 1 is 1.31 bits per heavy atom. The van der Waals surface area contributed by atoms with E-state index in [-0.39, 0.29) is 12.0 Å². The number of morpholine rings is 1. The van der Waals surface area contributed by atoms with Gasteiger partial charge in [-0.25, -0.2) is 0 Å². The monoisotopic (exact) mass is 185 g/mol. The summed E-state index contributed by atoms with van der Waals surface area (Å²) in [5, 5.41) is 8.88. The van der Waals surface area contributed by atoms with Crippen molar-refractivity contribution >= 4 is 5.97 Å². The number of carbonyl (C=O) groups is 1. The summed E-state index contributed by atoms with van der Waals surface area (Å²) in [6.07, 6.45) is 1.88. The number of hydrogen-bond donors (Lipinski definition) is 1. The van der Waals surface area contributed by atoms with Crippen molar-refractivity contribution in [2.75, 3.05) is 26.3 Å². The number of aliphatic carboxylic acids is 1. The van der Waals surface area contributed by atoms with Gasteiger partial charge in [-0.2, -0.15) is 0 Å². The molecule has 2 unspecified atom stereocenters. The van der Waals surface area contributed by atoms with Crippen LogP contribution in [-0.2, 0) is 9.53 Å². The van der Waals surface area contributed by atoms with Gasteiger partial charge in [0.2, 0.25) is 0 Å². The molecular formula is C9H15NO3. The molecule has 0 aromatic carbocycles. The van der Waals surface area contributed by atoms with Crippen LogP contribution in [0.5, 0.6) is 0 Å². The predicted molar refractivity (Wildman–Crippen MR) is 46.5 cm³/mol. The number of carboxylic acids is 1. The lowest BCUT2D eigenvalue weighted by Gasteiger charge is -2.43. The maximum Gasteiger partial charge on any atom is 0.308 e. The molecule has 1 aliphatic heterocycles. The third-order valence-corrected chi connectivity index (χ3v) is 3.07. The third kappa shape index (κ3) is 1.69. The van der Waals surface area contributed by atoms with E-state index in [9.17, 15) is 4.79 Å². The van der Waals surface area contributed by atoms with E-state index in [2.05, 4.69) is 4.90 Å². The maximum absolute atomic E-state index is 10.8. The van der Waals surface area contributed by atoms with Gasteiger partial charge in [-0.05, 0) is 12.8 Å². The first-order chi connectivity index (χ1) is 6.29. The normalized spacial score (nSPS) is 35.4. The van der Waals surface area contributed by atoms with Crippen LogP contribution in [0.3, 0.4) is 0 Å². The van der Waals surface area contributed by atoms with E-state index in [1.165, 1.54) is 0 Å². The highest BCUT2D eigenvalue weighted by Gasteiger charge is 2.40. The zero-order valence-corrected chi connectivity index (χ0v) is 7.61. The van der Waals surface area contributed by atoms with Crippen LogP contribution in [0.2, 0.25) is 0 Å². The SMILES string of the molecule is O=C(O)C1CCC1N1CCOCC1. The second-order valence-electron chi connectivity index (χ2n) is 3.74. The minimum absolute atomic E-state index is 0.127. The number of hydrogen-bond acceptors (Lipinski definition) is 3. The van der Waals surface area contributed by atoms with E-state index < -0.39 is 5.97 Å². The summed E-state index contributed by atoms with van der Waals surface area (Å²) in [5.41, 5.74) is 0. The molecule has 4 nitrogen and oxygen atoms in total. The van der Waals surface area contributed by atoms with Crippen molar-refractivity contribution in [3.05, 3.63) is 0 Å². The van der Waals surface area contributed by atoms with Crippen LogP contribution in [0.15, 0.2) is 0 Å². The van der Waals surface area contributed by atoms with Crippen LogP contribution in [-0.4, -0.2) is 48.3 Å². The van der Waals surface area contributed by atoms with Crippen molar-refractivity contribution in [2.24, 2.45) is 5.92 Å². The van der Waals surface area contributed by atoms with E-state index in [0.29, 0.717) is 0 Å². The molecule has 0 radical (unpaired) electrons. The van der Waals surface area contributed by atoms with Gasteiger partial charge >= 0.3 is 5.97 Å². The fraction of sp³-hybridized carbons (Fsp3) is 0.889. The Labute approximate surface area is 77.5 Å². The largest absolute Gasteiger partial charge is 0.481 e. The summed E-state index contributed by atoms with van der Waals surface area (Å²) in [5.74, 6) is -0.763. The lowest BCUT2D eigenvalue weighted by Crippen LogP contribution is -2.53. The number of ether oxygens (including phenoxy) is 1. The van der Waals surface area contributed by atoms with Gasteiger partial charge in [-0.15, -0.1) is 0 Å². The number of carboxylic acid groups (broad SMARTS) is 1. The fourth-order valence-corrected chi connectivity index (χ4v) is 2.12. The lowest BCUT2D eigenvalue weighted by molar-refractivity contribution is -0.150. The molecule has 1 saturated carbocycles. The van der Waals surface area contributed by atoms with E-state index in [1.807, 2.05) is 0 Å². The van der Waals surface area contributed by atoms with Crippen molar-refractivity contribution in [2.45, 2.75) is 18.9 Å². The van der Waals surface area contributed by atoms with Crippen LogP contribution in [0.25, 0.3) is 0 Å². The average molecular weight is 185 g/mol. The molecule has 0 amide bonds. The zero-order valence-electron chi connectivity index (χ0n) is 7.61. The van der Waals surface area contributed by atoms with E-state index >= 15 is 0 Å². The Kier molecular flexibility index (Phi) is 2.51. The van der Waals surface area contributed by atoms with E-state index in [1.54, 1.807) is 0 Å². The Bertz CT molecular complexity index is 201. The highest BCUT2D eigenvalue weighted by atomic mass is 16.5. The topological polar surface area (TPSA) is 49.8 Å². The molecule has 1 heterocycles. The molecule has 0 aromatic rings. The van der Waals surface area contributed by atoms with Gasteiger partial charge in [-0.3, -0.25) is 9.69 Å². The smallest absolute Gasteiger partial charge is 0.308 e. The molecule has 1 saturated heterocycles. The fourth-order valence-electron chi connectivity index (χ4n) is 2.12. The van der Waals surface area contributed by atoms with Gasteiger partial charge in [0.05, 0.1) is 19.1 Å². The summed E-state index contributed by atoms with van der Waals surface area (Å²) in [6, 6.07) is 0.279. The highest BCUT2D eigenvalue weighted by Crippen LogP contribution is 2.32. The predicted octanol–water partition coefficient (Wildman–Crippen LogP) is 0.182. The number of rotatable bonds is 2. The zero-order chi connectivity index (χ0) is 9.26. The molecule has 74 valence electrons. The van der Waals surface area contributed by atoms with Crippen molar-refractivity contribution < 1.29 is 14.6 Å². The molecule has 2 fully saturated rings. The van der Waals surface area contributed by atoms with Crippen molar-refractivity contribution in [3.63, 3.8) is 0 Å². The molecule has 0 aromatic heterocycles. The molecule has 1 aliphatic carbocycles. The minimum Gasteiger partial charge on any atom is -0.481 e. The second-order valence-corrected chi connectivity index (χ2v) is 3.74.